The van der Waals surface area contributed by atoms with Crippen LogP contribution in [-0.4, -0.2) is 65.7 Å². The van der Waals surface area contributed by atoms with Crippen LogP contribution in [0.4, 0.5) is 0 Å². The topological polar surface area (TPSA) is 66.6 Å². The predicted octanol–water partition coefficient (Wildman–Crippen LogP) is 0.510. The van der Waals surface area contributed by atoms with Gasteiger partial charge in [-0.15, -0.1) is 0 Å². The van der Waals surface area contributed by atoms with E-state index < -0.39 is 0 Å². The van der Waals surface area contributed by atoms with E-state index in [-0.39, 0.29) is 11.8 Å². The molecule has 1 heterocycles. The second kappa shape index (κ2) is 8.86. The van der Waals surface area contributed by atoms with E-state index in [1.54, 1.807) is 0 Å². The molecule has 0 saturated carbocycles. The van der Waals surface area contributed by atoms with Crippen molar-refractivity contribution in [2.45, 2.75) is 19.3 Å². The Labute approximate surface area is 129 Å². The molecule has 1 aliphatic heterocycles. The van der Waals surface area contributed by atoms with Gasteiger partial charge in [0.1, 0.15) is 5.78 Å². The maximum Gasteiger partial charge on any atom is 0.218 e. The molecular formula is C13H24IN3O2. The highest BCUT2D eigenvalue weighted by Gasteiger charge is 2.23. The highest BCUT2D eigenvalue weighted by Crippen LogP contribution is 2.18. The van der Waals surface area contributed by atoms with Crippen LogP contribution in [0.1, 0.15) is 19.3 Å². The summed E-state index contributed by atoms with van der Waals surface area (Å²) in [5.74, 6) is 0.435. The van der Waals surface area contributed by atoms with Gasteiger partial charge in [0.25, 0.3) is 0 Å². The van der Waals surface area contributed by atoms with Crippen LogP contribution in [0.5, 0.6) is 0 Å². The van der Waals surface area contributed by atoms with E-state index in [0.29, 0.717) is 16.6 Å². The van der Waals surface area contributed by atoms with Crippen molar-refractivity contribution >= 4 is 34.3 Å². The highest BCUT2D eigenvalue weighted by atomic mass is 127. The van der Waals surface area contributed by atoms with E-state index in [1.165, 1.54) is 0 Å². The fraction of sp³-hybridized carbons (Fsp3) is 0.846. The lowest BCUT2D eigenvalue weighted by Crippen LogP contribution is -2.40. The number of halogens is 1. The summed E-state index contributed by atoms with van der Waals surface area (Å²) < 4.78 is 0.637. The van der Waals surface area contributed by atoms with Crippen LogP contribution in [-0.2, 0) is 9.59 Å². The first-order chi connectivity index (χ1) is 9.02. The summed E-state index contributed by atoms with van der Waals surface area (Å²) in [6.07, 6.45) is 2.41. The van der Waals surface area contributed by atoms with Crippen LogP contribution in [0.3, 0.4) is 0 Å². The zero-order chi connectivity index (χ0) is 14.3. The summed E-state index contributed by atoms with van der Waals surface area (Å²) in [5.41, 5.74) is 5.13. The number of amides is 1. The molecule has 19 heavy (non-hydrogen) atoms. The number of primary amides is 1. The van der Waals surface area contributed by atoms with Crippen LogP contribution in [0.15, 0.2) is 0 Å². The third-order valence-corrected chi connectivity index (χ3v) is 4.46. The van der Waals surface area contributed by atoms with E-state index in [1.807, 2.05) is 7.05 Å². The van der Waals surface area contributed by atoms with Crippen molar-refractivity contribution in [2.24, 2.45) is 11.7 Å². The van der Waals surface area contributed by atoms with Gasteiger partial charge in [0.2, 0.25) is 5.91 Å². The highest BCUT2D eigenvalue weighted by molar-refractivity contribution is 14.1. The van der Waals surface area contributed by atoms with Gasteiger partial charge in [-0.2, -0.15) is 0 Å². The number of piperidine rings is 1. The first kappa shape index (κ1) is 16.8. The molecule has 2 N–H and O–H groups in total. The molecule has 0 radical (unpaired) electrons. The largest absolute Gasteiger partial charge is 0.370 e. The van der Waals surface area contributed by atoms with Gasteiger partial charge in [-0.1, -0.05) is 22.6 Å². The van der Waals surface area contributed by atoms with Gasteiger partial charge in [0, 0.05) is 32.0 Å². The Morgan fingerprint density at radius 1 is 1.32 bits per heavy atom. The Kier molecular flexibility index (Phi) is 7.86. The van der Waals surface area contributed by atoms with Gasteiger partial charge in [-0.3, -0.25) is 9.59 Å². The van der Waals surface area contributed by atoms with Crippen LogP contribution >= 0.6 is 22.6 Å². The predicted molar refractivity (Wildman–Crippen MR) is 84.4 cm³/mol. The number of hydrogen-bond donors (Lipinski definition) is 1. The third-order valence-electron chi connectivity index (χ3n) is 3.71. The monoisotopic (exact) mass is 381 g/mol. The summed E-state index contributed by atoms with van der Waals surface area (Å²) in [6.45, 7) is 4.69. The molecule has 5 nitrogen and oxygen atoms in total. The summed E-state index contributed by atoms with van der Waals surface area (Å²) in [4.78, 5) is 26.8. The van der Waals surface area contributed by atoms with Crippen molar-refractivity contribution in [3.63, 3.8) is 0 Å². The molecule has 0 aromatic rings. The Hall–Kier alpha value is -0.210. The Balaban J connectivity index is 2.15. The maximum atomic E-state index is 11.6. The molecule has 0 atom stereocenters. The second-order valence-corrected chi connectivity index (χ2v) is 6.00. The zero-order valence-corrected chi connectivity index (χ0v) is 13.8. The second-order valence-electron chi connectivity index (χ2n) is 5.24. The van der Waals surface area contributed by atoms with E-state index >= 15 is 0 Å². The van der Waals surface area contributed by atoms with Gasteiger partial charge in [0.15, 0.2) is 0 Å². The lowest BCUT2D eigenvalue weighted by molar-refractivity contribution is -0.121. The number of alkyl halides is 1. The number of hydrogen-bond acceptors (Lipinski definition) is 4. The number of carbonyl (C=O) groups excluding carboxylic acids is 2. The van der Waals surface area contributed by atoms with Crippen molar-refractivity contribution in [3.05, 3.63) is 0 Å². The van der Waals surface area contributed by atoms with E-state index in [0.717, 1.165) is 45.6 Å². The molecule has 110 valence electrons. The average molecular weight is 381 g/mol. The molecule has 0 spiro atoms. The number of rotatable bonds is 8. The fourth-order valence-electron chi connectivity index (χ4n) is 2.31. The summed E-state index contributed by atoms with van der Waals surface area (Å²) in [7, 11) is 2.01. The third kappa shape index (κ3) is 6.67. The SMILES string of the molecule is CN(CCC(N)=O)CCN1CCC(C(=O)CI)CC1. The maximum absolute atomic E-state index is 11.6. The van der Waals surface area contributed by atoms with E-state index in [9.17, 15) is 9.59 Å². The van der Waals surface area contributed by atoms with Crippen molar-refractivity contribution in [1.29, 1.82) is 0 Å². The van der Waals surface area contributed by atoms with Gasteiger partial charge in [-0.05, 0) is 33.0 Å². The standard InChI is InChI=1S/C13H24IN3O2/c1-16(5-4-13(15)19)8-9-17-6-2-11(3-7-17)12(18)10-14/h11H,2-10H2,1H3,(H2,15,19). The van der Waals surface area contributed by atoms with Crippen LogP contribution in [0, 0.1) is 5.92 Å². The first-order valence-corrected chi connectivity index (χ1v) is 8.33. The minimum Gasteiger partial charge on any atom is -0.370 e. The molecule has 0 aliphatic carbocycles. The molecular weight excluding hydrogens is 357 g/mol. The molecule has 0 bridgehead atoms. The molecule has 0 aromatic carbocycles. The summed E-state index contributed by atoms with van der Waals surface area (Å²) in [5, 5.41) is 0. The van der Waals surface area contributed by atoms with E-state index in [4.69, 9.17) is 5.73 Å². The molecule has 0 aromatic heterocycles. The Morgan fingerprint density at radius 2 is 1.95 bits per heavy atom. The van der Waals surface area contributed by atoms with Gasteiger partial charge in [0.05, 0.1) is 4.43 Å². The smallest absolute Gasteiger partial charge is 0.218 e. The summed E-state index contributed by atoms with van der Waals surface area (Å²) >= 11 is 2.15. The minimum atomic E-state index is -0.245. The molecule has 6 heteroatoms. The van der Waals surface area contributed by atoms with Gasteiger partial charge in [-0.25, -0.2) is 0 Å². The number of likely N-dealkylation sites (N-methyl/N-ethyl adjacent to an activating group) is 1. The van der Waals surface area contributed by atoms with Crippen LogP contribution < -0.4 is 5.73 Å². The number of nitrogens with two attached hydrogens (primary N) is 1. The normalized spacial score (nSPS) is 17.8. The number of ketones is 1. The number of nitrogens with zero attached hydrogens (tertiary/aromatic N) is 2. The average Bonchev–Trinajstić information content (AvgIpc) is 2.42. The fourth-order valence-corrected chi connectivity index (χ4v) is 2.94. The van der Waals surface area contributed by atoms with E-state index in [2.05, 4.69) is 32.4 Å². The van der Waals surface area contributed by atoms with Crippen LogP contribution in [0.2, 0.25) is 0 Å². The zero-order valence-electron chi connectivity index (χ0n) is 11.6. The summed E-state index contributed by atoms with van der Waals surface area (Å²) in [6, 6.07) is 0. The Morgan fingerprint density at radius 3 is 2.47 bits per heavy atom. The molecule has 1 saturated heterocycles. The van der Waals surface area contributed by atoms with Gasteiger partial charge >= 0.3 is 0 Å². The number of likely N-dealkylation sites (tertiary alicyclic amines) is 1. The lowest BCUT2D eigenvalue weighted by atomic mass is 9.93. The lowest BCUT2D eigenvalue weighted by Gasteiger charge is -2.32. The van der Waals surface area contributed by atoms with Crippen molar-refractivity contribution in [3.8, 4) is 0 Å². The molecule has 0 unspecified atom stereocenters. The van der Waals surface area contributed by atoms with Crippen molar-refractivity contribution in [1.82, 2.24) is 9.80 Å². The molecule has 1 aliphatic rings. The molecule has 1 amide bonds. The molecule has 1 fully saturated rings. The van der Waals surface area contributed by atoms with Crippen LogP contribution in [0.25, 0.3) is 0 Å². The number of Topliss-reactive ketones (excluding diaryl/α,β-unsaturated/α-hetero) is 1. The molecule has 1 rings (SSSR count). The van der Waals surface area contributed by atoms with Crippen molar-refractivity contribution < 1.29 is 9.59 Å². The van der Waals surface area contributed by atoms with Gasteiger partial charge < -0.3 is 15.5 Å². The minimum absolute atomic E-state index is 0.245. The Bertz CT molecular complexity index is 304. The first-order valence-electron chi connectivity index (χ1n) is 6.80. The number of carbonyl (C=O) groups is 2. The van der Waals surface area contributed by atoms with Crippen molar-refractivity contribution in [2.75, 3.05) is 44.2 Å². The quantitative estimate of drug-likeness (QED) is 0.492.